The SMILES string of the molecule is COC1CCNCC1N(C)C(=O)OC(C)(C)C. The molecule has 1 aliphatic rings. The summed E-state index contributed by atoms with van der Waals surface area (Å²) in [4.78, 5) is 13.6. The van der Waals surface area contributed by atoms with Crippen molar-refractivity contribution in [3.63, 3.8) is 0 Å². The van der Waals surface area contributed by atoms with Crippen molar-refractivity contribution in [2.75, 3.05) is 27.2 Å². The number of piperidine rings is 1. The molecule has 0 bridgehead atoms. The van der Waals surface area contributed by atoms with Crippen LogP contribution in [0.1, 0.15) is 27.2 Å². The van der Waals surface area contributed by atoms with Crippen LogP contribution in [-0.4, -0.2) is 56.0 Å². The van der Waals surface area contributed by atoms with E-state index >= 15 is 0 Å². The van der Waals surface area contributed by atoms with Gasteiger partial charge in [0.05, 0.1) is 12.1 Å². The topological polar surface area (TPSA) is 50.8 Å². The third kappa shape index (κ3) is 4.16. The Labute approximate surface area is 103 Å². The molecular formula is C12H24N2O3. The van der Waals surface area contributed by atoms with Gasteiger partial charge in [0.2, 0.25) is 0 Å². The number of hydrogen-bond donors (Lipinski definition) is 1. The van der Waals surface area contributed by atoms with Crippen molar-refractivity contribution in [2.45, 2.75) is 44.9 Å². The van der Waals surface area contributed by atoms with Gasteiger partial charge in [-0.2, -0.15) is 0 Å². The molecule has 1 fully saturated rings. The Morgan fingerprint density at radius 2 is 2.06 bits per heavy atom. The molecule has 0 aromatic rings. The minimum Gasteiger partial charge on any atom is -0.444 e. The number of methoxy groups -OCH3 is 1. The van der Waals surface area contributed by atoms with Crippen LogP contribution >= 0.6 is 0 Å². The van der Waals surface area contributed by atoms with Crippen molar-refractivity contribution in [3.05, 3.63) is 0 Å². The fraction of sp³-hybridized carbons (Fsp3) is 0.917. The second-order valence-corrected chi connectivity index (χ2v) is 5.43. The Balaban J connectivity index is 2.60. The van der Waals surface area contributed by atoms with Crippen LogP contribution in [0.5, 0.6) is 0 Å². The molecule has 100 valence electrons. The molecule has 1 amide bonds. The summed E-state index contributed by atoms with van der Waals surface area (Å²) in [5.74, 6) is 0. The largest absolute Gasteiger partial charge is 0.444 e. The molecule has 0 aromatic heterocycles. The molecule has 5 nitrogen and oxygen atoms in total. The number of hydrogen-bond acceptors (Lipinski definition) is 4. The fourth-order valence-electron chi connectivity index (χ4n) is 1.95. The van der Waals surface area contributed by atoms with Crippen LogP contribution in [0, 0.1) is 0 Å². The van der Waals surface area contributed by atoms with E-state index in [1.165, 1.54) is 0 Å². The summed E-state index contributed by atoms with van der Waals surface area (Å²) in [7, 11) is 3.45. The zero-order valence-electron chi connectivity index (χ0n) is 11.4. The molecule has 0 aliphatic carbocycles. The van der Waals surface area contributed by atoms with Crippen molar-refractivity contribution in [2.24, 2.45) is 0 Å². The maximum atomic E-state index is 11.9. The lowest BCUT2D eigenvalue weighted by atomic mass is 10.0. The number of carbonyl (C=O) groups excluding carboxylic acids is 1. The Morgan fingerprint density at radius 3 is 2.59 bits per heavy atom. The monoisotopic (exact) mass is 244 g/mol. The van der Waals surface area contributed by atoms with Crippen molar-refractivity contribution < 1.29 is 14.3 Å². The van der Waals surface area contributed by atoms with Crippen LogP contribution in [-0.2, 0) is 9.47 Å². The molecule has 1 N–H and O–H groups in total. The van der Waals surface area contributed by atoms with Crippen LogP contribution in [0.15, 0.2) is 0 Å². The first-order valence-corrected chi connectivity index (χ1v) is 6.04. The molecule has 1 rings (SSSR count). The fourth-order valence-corrected chi connectivity index (χ4v) is 1.95. The molecule has 5 heteroatoms. The van der Waals surface area contributed by atoms with Gasteiger partial charge in [0.25, 0.3) is 0 Å². The quantitative estimate of drug-likeness (QED) is 0.794. The van der Waals surface area contributed by atoms with E-state index in [0.717, 1.165) is 19.5 Å². The van der Waals surface area contributed by atoms with Gasteiger partial charge >= 0.3 is 6.09 Å². The number of ether oxygens (including phenoxy) is 2. The zero-order chi connectivity index (χ0) is 13.1. The van der Waals surface area contributed by atoms with E-state index in [1.807, 2.05) is 20.8 Å². The normalized spacial score (nSPS) is 25.5. The highest BCUT2D eigenvalue weighted by Gasteiger charge is 2.32. The van der Waals surface area contributed by atoms with Gasteiger partial charge in [-0.3, -0.25) is 0 Å². The van der Waals surface area contributed by atoms with Crippen LogP contribution < -0.4 is 5.32 Å². The average Bonchev–Trinajstić information content (AvgIpc) is 2.25. The molecule has 2 unspecified atom stereocenters. The second kappa shape index (κ2) is 5.69. The first-order chi connectivity index (χ1) is 7.85. The van der Waals surface area contributed by atoms with E-state index < -0.39 is 5.60 Å². The first-order valence-electron chi connectivity index (χ1n) is 6.04. The molecule has 1 heterocycles. The predicted molar refractivity (Wildman–Crippen MR) is 66.1 cm³/mol. The van der Waals surface area contributed by atoms with E-state index in [0.29, 0.717) is 0 Å². The van der Waals surface area contributed by atoms with Crippen LogP contribution in [0.4, 0.5) is 4.79 Å². The first kappa shape index (κ1) is 14.3. The van der Waals surface area contributed by atoms with Gasteiger partial charge in [0.1, 0.15) is 5.60 Å². The van der Waals surface area contributed by atoms with Crippen LogP contribution in [0.25, 0.3) is 0 Å². The molecule has 0 spiro atoms. The Bertz CT molecular complexity index is 263. The highest BCUT2D eigenvalue weighted by molar-refractivity contribution is 5.68. The minimum atomic E-state index is -0.462. The van der Waals surface area contributed by atoms with Crippen LogP contribution in [0.3, 0.4) is 0 Å². The molecular weight excluding hydrogens is 220 g/mol. The van der Waals surface area contributed by atoms with Crippen molar-refractivity contribution in [1.29, 1.82) is 0 Å². The number of amides is 1. The standard InChI is InChI=1S/C12H24N2O3/c1-12(2,3)17-11(15)14(4)9-8-13-7-6-10(9)16-5/h9-10,13H,6-8H2,1-5H3. The summed E-state index contributed by atoms with van der Waals surface area (Å²) >= 11 is 0. The maximum absolute atomic E-state index is 11.9. The predicted octanol–water partition coefficient (Wildman–Crippen LogP) is 1.23. The van der Waals surface area contributed by atoms with Gasteiger partial charge in [0.15, 0.2) is 0 Å². The zero-order valence-corrected chi connectivity index (χ0v) is 11.4. The molecule has 2 atom stereocenters. The van der Waals surface area contributed by atoms with Crippen LogP contribution in [0.2, 0.25) is 0 Å². The Kier molecular flexibility index (Phi) is 4.77. The van der Waals surface area contributed by atoms with Gasteiger partial charge in [-0.05, 0) is 33.7 Å². The van der Waals surface area contributed by atoms with E-state index in [4.69, 9.17) is 9.47 Å². The van der Waals surface area contributed by atoms with Gasteiger partial charge < -0.3 is 19.7 Å². The summed E-state index contributed by atoms with van der Waals surface area (Å²) < 4.78 is 10.8. The lowest BCUT2D eigenvalue weighted by Gasteiger charge is -2.37. The number of likely N-dealkylation sites (N-methyl/N-ethyl adjacent to an activating group) is 1. The van der Waals surface area contributed by atoms with E-state index in [2.05, 4.69) is 5.32 Å². The summed E-state index contributed by atoms with van der Waals surface area (Å²) in [5.41, 5.74) is -0.462. The summed E-state index contributed by atoms with van der Waals surface area (Å²) in [6, 6.07) is 0.0311. The Hall–Kier alpha value is -0.810. The number of rotatable bonds is 2. The molecule has 1 aliphatic heterocycles. The van der Waals surface area contributed by atoms with Crippen molar-refractivity contribution in [3.8, 4) is 0 Å². The number of carbonyl (C=O) groups is 1. The smallest absolute Gasteiger partial charge is 0.410 e. The summed E-state index contributed by atoms with van der Waals surface area (Å²) in [5, 5.41) is 3.27. The van der Waals surface area contributed by atoms with Gasteiger partial charge in [-0.15, -0.1) is 0 Å². The number of nitrogens with zero attached hydrogens (tertiary/aromatic N) is 1. The van der Waals surface area contributed by atoms with Gasteiger partial charge in [-0.25, -0.2) is 4.79 Å². The molecule has 0 aromatic carbocycles. The molecule has 1 saturated heterocycles. The highest BCUT2D eigenvalue weighted by Crippen LogP contribution is 2.16. The summed E-state index contributed by atoms with van der Waals surface area (Å²) in [6.45, 7) is 7.27. The lowest BCUT2D eigenvalue weighted by Crippen LogP contribution is -2.55. The van der Waals surface area contributed by atoms with E-state index in [9.17, 15) is 4.79 Å². The minimum absolute atomic E-state index is 0.0311. The summed E-state index contributed by atoms with van der Waals surface area (Å²) in [6.07, 6.45) is 0.691. The van der Waals surface area contributed by atoms with Crippen molar-refractivity contribution in [1.82, 2.24) is 10.2 Å². The van der Waals surface area contributed by atoms with Gasteiger partial charge in [-0.1, -0.05) is 0 Å². The third-order valence-corrected chi connectivity index (χ3v) is 2.87. The molecule has 17 heavy (non-hydrogen) atoms. The maximum Gasteiger partial charge on any atom is 0.410 e. The number of nitrogens with one attached hydrogen (secondary N) is 1. The van der Waals surface area contributed by atoms with E-state index in [1.54, 1.807) is 19.1 Å². The molecule has 0 saturated carbocycles. The van der Waals surface area contributed by atoms with E-state index in [-0.39, 0.29) is 18.2 Å². The van der Waals surface area contributed by atoms with Gasteiger partial charge in [0, 0.05) is 20.7 Å². The third-order valence-electron chi connectivity index (χ3n) is 2.87. The Morgan fingerprint density at radius 1 is 1.41 bits per heavy atom. The van der Waals surface area contributed by atoms with Crippen molar-refractivity contribution >= 4 is 6.09 Å². The second-order valence-electron chi connectivity index (χ2n) is 5.43. The average molecular weight is 244 g/mol. The molecule has 0 radical (unpaired) electrons. The highest BCUT2D eigenvalue weighted by atomic mass is 16.6. The lowest BCUT2D eigenvalue weighted by molar-refractivity contribution is -0.0185.